The fraction of sp³-hybridized carbons (Fsp3) is 0.200. The van der Waals surface area contributed by atoms with Gasteiger partial charge < -0.3 is 15.0 Å². The van der Waals surface area contributed by atoms with Gasteiger partial charge >= 0.3 is 0 Å². The molecule has 1 fully saturated rings. The summed E-state index contributed by atoms with van der Waals surface area (Å²) in [6.07, 6.45) is 1.66. The van der Waals surface area contributed by atoms with Crippen LogP contribution in [-0.4, -0.2) is 47.8 Å². The van der Waals surface area contributed by atoms with Crippen molar-refractivity contribution >= 4 is 22.6 Å². The van der Waals surface area contributed by atoms with E-state index in [2.05, 4.69) is 119 Å². The average molecular weight is 607 g/mol. The number of carbonyl (C=O) groups excluding carboxylic acids is 1. The summed E-state index contributed by atoms with van der Waals surface area (Å²) >= 11 is 0. The van der Waals surface area contributed by atoms with Gasteiger partial charge in [-0.3, -0.25) is 4.79 Å². The molecular weight excluding hydrogens is 568 g/mol. The summed E-state index contributed by atoms with van der Waals surface area (Å²) in [4.78, 5) is 16.1. The minimum atomic E-state index is -0.829. The molecule has 0 saturated carbocycles. The predicted octanol–water partition coefficient (Wildman–Crippen LogP) is 7.83. The third kappa shape index (κ3) is 5.25. The van der Waals surface area contributed by atoms with Gasteiger partial charge in [-0.05, 0) is 73.4 Å². The second kappa shape index (κ2) is 12.7. The Kier molecular flexibility index (Phi) is 8.12. The maximum absolute atomic E-state index is 13.8. The van der Waals surface area contributed by atoms with Crippen LogP contribution in [0.1, 0.15) is 29.5 Å². The first-order chi connectivity index (χ1) is 22.6. The quantitative estimate of drug-likeness (QED) is 0.179. The SMILES string of the molecule is COc1ccccc1-c1ccc2c(c1)c(NC(=O)C1CCN(C)CC1)nn2C(c1ccccc1)(c1ccccc1)c1ccccc1. The van der Waals surface area contributed by atoms with E-state index in [-0.39, 0.29) is 11.8 Å². The summed E-state index contributed by atoms with van der Waals surface area (Å²) in [6, 6.07) is 45.9. The Morgan fingerprint density at radius 1 is 0.761 bits per heavy atom. The number of hydrogen-bond acceptors (Lipinski definition) is 4. The molecule has 0 unspecified atom stereocenters. The van der Waals surface area contributed by atoms with Gasteiger partial charge in [0.25, 0.3) is 0 Å². The van der Waals surface area contributed by atoms with Crippen LogP contribution in [0.15, 0.2) is 133 Å². The normalized spacial score (nSPS) is 14.3. The summed E-state index contributed by atoms with van der Waals surface area (Å²) < 4.78 is 7.84. The lowest BCUT2D eigenvalue weighted by Crippen LogP contribution is -2.39. The monoisotopic (exact) mass is 606 g/mol. The number of methoxy groups -OCH3 is 1. The molecule has 0 aliphatic carbocycles. The van der Waals surface area contributed by atoms with E-state index in [1.807, 2.05) is 36.4 Å². The number of anilines is 1. The van der Waals surface area contributed by atoms with Crippen molar-refractivity contribution in [1.29, 1.82) is 0 Å². The maximum Gasteiger partial charge on any atom is 0.228 e. The van der Waals surface area contributed by atoms with Gasteiger partial charge in [-0.1, -0.05) is 115 Å². The van der Waals surface area contributed by atoms with E-state index in [1.165, 1.54) is 0 Å². The first-order valence-corrected chi connectivity index (χ1v) is 15.9. The average Bonchev–Trinajstić information content (AvgIpc) is 3.47. The van der Waals surface area contributed by atoms with Crippen LogP contribution >= 0.6 is 0 Å². The number of fused-ring (bicyclic) bond motifs is 1. The predicted molar refractivity (Wildman–Crippen MR) is 185 cm³/mol. The number of aromatic nitrogens is 2. The number of amides is 1. The van der Waals surface area contributed by atoms with E-state index in [0.29, 0.717) is 5.82 Å². The molecule has 6 nitrogen and oxygen atoms in total. The molecule has 0 atom stereocenters. The highest BCUT2D eigenvalue weighted by molar-refractivity contribution is 6.02. The van der Waals surface area contributed by atoms with E-state index >= 15 is 0 Å². The molecule has 7 rings (SSSR count). The van der Waals surface area contributed by atoms with E-state index in [9.17, 15) is 4.79 Å². The third-order valence-electron chi connectivity index (χ3n) is 9.32. The van der Waals surface area contributed by atoms with Crippen molar-refractivity contribution in [2.75, 3.05) is 32.6 Å². The molecule has 2 heterocycles. The number of rotatable bonds is 8. The number of nitrogens with one attached hydrogen (secondary N) is 1. The zero-order valence-corrected chi connectivity index (χ0v) is 26.3. The van der Waals surface area contributed by atoms with Gasteiger partial charge in [0.2, 0.25) is 5.91 Å². The van der Waals surface area contributed by atoms with Gasteiger partial charge in [0.1, 0.15) is 11.3 Å². The van der Waals surface area contributed by atoms with Crippen LogP contribution in [0.5, 0.6) is 5.75 Å². The fourth-order valence-electron chi connectivity index (χ4n) is 6.91. The van der Waals surface area contributed by atoms with Crippen molar-refractivity contribution in [3.8, 4) is 16.9 Å². The molecule has 1 aromatic heterocycles. The number of ether oxygens (including phenoxy) is 1. The lowest BCUT2D eigenvalue weighted by atomic mass is 9.77. The van der Waals surface area contributed by atoms with Gasteiger partial charge in [-0.15, -0.1) is 0 Å². The molecule has 1 aliphatic rings. The minimum Gasteiger partial charge on any atom is -0.496 e. The molecule has 46 heavy (non-hydrogen) atoms. The van der Waals surface area contributed by atoms with Crippen LogP contribution in [0.25, 0.3) is 22.0 Å². The van der Waals surface area contributed by atoms with Crippen LogP contribution in [0, 0.1) is 5.92 Å². The van der Waals surface area contributed by atoms with Crippen LogP contribution in [0.3, 0.4) is 0 Å². The van der Waals surface area contributed by atoms with Crippen LogP contribution < -0.4 is 10.1 Å². The van der Waals surface area contributed by atoms with Crippen molar-refractivity contribution in [2.24, 2.45) is 5.92 Å². The van der Waals surface area contributed by atoms with Gasteiger partial charge in [0, 0.05) is 16.9 Å². The van der Waals surface area contributed by atoms with Crippen molar-refractivity contribution in [3.05, 3.63) is 150 Å². The molecule has 6 aromatic rings. The number of hydrogen-bond donors (Lipinski definition) is 1. The van der Waals surface area contributed by atoms with Crippen molar-refractivity contribution in [3.63, 3.8) is 0 Å². The Balaban J connectivity index is 1.50. The van der Waals surface area contributed by atoms with Gasteiger partial charge in [-0.2, -0.15) is 5.10 Å². The van der Waals surface area contributed by atoms with Gasteiger partial charge in [0.05, 0.1) is 12.6 Å². The summed E-state index contributed by atoms with van der Waals surface area (Å²) in [5, 5.41) is 9.54. The molecule has 0 bridgehead atoms. The van der Waals surface area contributed by atoms with Crippen LogP contribution in [-0.2, 0) is 10.3 Å². The molecule has 1 aliphatic heterocycles. The highest BCUT2D eigenvalue weighted by Gasteiger charge is 2.41. The van der Waals surface area contributed by atoms with Crippen LogP contribution in [0.2, 0.25) is 0 Å². The topological polar surface area (TPSA) is 59.4 Å². The zero-order valence-electron chi connectivity index (χ0n) is 26.3. The molecule has 230 valence electrons. The Labute approximate surface area is 270 Å². The molecule has 0 spiro atoms. The molecule has 1 N–H and O–H groups in total. The number of benzene rings is 5. The Morgan fingerprint density at radius 2 is 1.30 bits per heavy atom. The molecule has 1 amide bonds. The third-order valence-corrected chi connectivity index (χ3v) is 9.32. The number of carbonyl (C=O) groups is 1. The van der Waals surface area contributed by atoms with Gasteiger partial charge in [0.15, 0.2) is 5.82 Å². The van der Waals surface area contributed by atoms with Crippen molar-refractivity contribution in [1.82, 2.24) is 14.7 Å². The summed E-state index contributed by atoms with van der Waals surface area (Å²) in [7, 11) is 3.80. The first kappa shape index (κ1) is 29.5. The number of nitrogens with zero attached hydrogens (tertiary/aromatic N) is 3. The molecular formula is C40H38N4O2. The summed E-state index contributed by atoms with van der Waals surface area (Å²) in [5.74, 6) is 1.31. The molecule has 0 radical (unpaired) electrons. The largest absolute Gasteiger partial charge is 0.496 e. The first-order valence-electron chi connectivity index (χ1n) is 15.9. The van der Waals surface area contributed by atoms with E-state index in [1.54, 1.807) is 7.11 Å². The summed E-state index contributed by atoms with van der Waals surface area (Å²) in [6.45, 7) is 1.81. The zero-order chi connectivity index (χ0) is 31.5. The second-order valence-electron chi connectivity index (χ2n) is 12.1. The highest BCUT2D eigenvalue weighted by atomic mass is 16.5. The second-order valence-corrected chi connectivity index (χ2v) is 12.1. The maximum atomic E-state index is 13.8. The molecule has 5 aromatic carbocycles. The van der Waals surface area contributed by atoms with Crippen molar-refractivity contribution in [2.45, 2.75) is 18.4 Å². The highest BCUT2D eigenvalue weighted by Crippen LogP contribution is 2.44. The standard InChI is InChI=1S/C40H38N4O2/c1-43-26-24-29(25-27-43)39(45)41-38-35-28-30(34-20-12-13-21-37(34)46-2)22-23-36(35)44(42-38)40(31-14-6-3-7-15-31,32-16-8-4-9-17-32)33-18-10-5-11-19-33/h3-23,28-29H,24-27H2,1-2H3,(H,41,42,45). The van der Waals surface area contributed by atoms with Gasteiger partial charge in [-0.25, -0.2) is 4.68 Å². The number of likely N-dealkylation sites (tertiary alicyclic amines) is 1. The lowest BCUT2D eigenvalue weighted by Gasteiger charge is -2.37. The molecule has 1 saturated heterocycles. The smallest absolute Gasteiger partial charge is 0.228 e. The number of para-hydroxylation sites is 1. The van der Waals surface area contributed by atoms with E-state index < -0.39 is 5.54 Å². The molecule has 6 heteroatoms. The Morgan fingerprint density at radius 3 is 1.87 bits per heavy atom. The van der Waals surface area contributed by atoms with E-state index in [4.69, 9.17) is 9.84 Å². The minimum absolute atomic E-state index is 0.0204. The van der Waals surface area contributed by atoms with E-state index in [0.717, 1.165) is 70.4 Å². The Hall–Kier alpha value is -5.20. The lowest BCUT2D eigenvalue weighted by molar-refractivity contribution is -0.121. The fourth-order valence-corrected chi connectivity index (χ4v) is 6.91. The number of piperidine rings is 1. The van der Waals surface area contributed by atoms with Crippen LogP contribution in [0.4, 0.5) is 5.82 Å². The summed E-state index contributed by atoms with van der Waals surface area (Å²) in [5.41, 5.74) is 5.26. The van der Waals surface area contributed by atoms with Crippen molar-refractivity contribution < 1.29 is 9.53 Å². The Bertz CT molecular complexity index is 1850.